The highest BCUT2D eigenvalue weighted by atomic mass is 32.2. The second kappa shape index (κ2) is 10.9. The van der Waals surface area contributed by atoms with Crippen molar-refractivity contribution in [1.82, 2.24) is 5.32 Å². The van der Waals surface area contributed by atoms with Gasteiger partial charge in [-0.05, 0) is 37.5 Å². The van der Waals surface area contributed by atoms with Crippen molar-refractivity contribution in [1.29, 1.82) is 0 Å². The summed E-state index contributed by atoms with van der Waals surface area (Å²) in [6.45, 7) is 1.91. The first-order chi connectivity index (χ1) is 9.81. The number of unbranched alkanes of at least 4 members (excludes halogenated alkanes) is 3. The molecule has 0 amide bonds. The van der Waals surface area contributed by atoms with E-state index in [2.05, 4.69) is 17.6 Å². The lowest BCUT2D eigenvalue weighted by atomic mass is 10.1. The summed E-state index contributed by atoms with van der Waals surface area (Å²) in [6.07, 6.45) is 7.41. The Labute approximate surface area is 127 Å². The molecular weight excluding hydrogens is 270 g/mol. The van der Waals surface area contributed by atoms with E-state index in [4.69, 9.17) is 9.47 Å². The van der Waals surface area contributed by atoms with Gasteiger partial charge in [0.2, 0.25) is 0 Å². The van der Waals surface area contributed by atoms with E-state index in [1.165, 1.54) is 37.0 Å². The molecule has 0 radical (unpaired) electrons. The number of hydrogen-bond donors (Lipinski definition) is 1. The van der Waals surface area contributed by atoms with Crippen LogP contribution in [0.25, 0.3) is 0 Å². The second-order valence-electron chi connectivity index (χ2n) is 4.76. The molecule has 0 aliphatic carbocycles. The smallest absolute Gasteiger partial charge is 0.127 e. The van der Waals surface area contributed by atoms with E-state index in [-0.39, 0.29) is 0 Å². The van der Waals surface area contributed by atoms with Gasteiger partial charge in [-0.25, -0.2) is 0 Å². The Morgan fingerprint density at radius 1 is 1.05 bits per heavy atom. The van der Waals surface area contributed by atoms with E-state index in [9.17, 15) is 0 Å². The minimum Gasteiger partial charge on any atom is -0.497 e. The summed E-state index contributed by atoms with van der Waals surface area (Å²) >= 11 is 1.93. The van der Waals surface area contributed by atoms with Gasteiger partial charge in [-0.3, -0.25) is 0 Å². The van der Waals surface area contributed by atoms with Gasteiger partial charge >= 0.3 is 0 Å². The Morgan fingerprint density at radius 2 is 1.85 bits per heavy atom. The van der Waals surface area contributed by atoms with Crippen molar-refractivity contribution < 1.29 is 9.47 Å². The Bertz CT molecular complexity index is 371. The zero-order valence-corrected chi connectivity index (χ0v) is 13.7. The first-order valence-electron chi connectivity index (χ1n) is 7.22. The molecule has 20 heavy (non-hydrogen) atoms. The van der Waals surface area contributed by atoms with Crippen LogP contribution in [0.2, 0.25) is 0 Å². The maximum Gasteiger partial charge on any atom is 0.127 e. The summed E-state index contributed by atoms with van der Waals surface area (Å²) in [5.41, 5.74) is 1.18. The fourth-order valence-electron chi connectivity index (χ4n) is 2.07. The number of thioether (sulfide) groups is 1. The van der Waals surface area contributed by atoms with Gasteiger partial charge in [-0.2, -0.15) is 11.8 Å². The van der Waals surface area contributed by atoms with Crippen LogP contribution in [0, 0.1) is 0 Å². The molecule has 0 heterocycles. The van der Waals surface area contributed by atoms with E-state index in [1.807, 2.05) is 23.9 Å². The highest BCUT2D eigenvalue weighted by Crippen LogP contribution is 2.24. The summed E-state index contributed by atoms with van der Waals surface area (Å²) < 4.78 is 10.6. The SMILES string of the molecule is COc1ccc(CNCCCCCCSC)c(OC)c1. The number of methoxy groups -OCH3 is 2. The molecule has 0 unspecified atom stereocenters. The van der Waals surface area contributed by atoms with Crippen LogP contribution in [-0.2, 0) is 6.54 Å². The molecule has 1 N–H and O–H groups in total. The highest BCUT2D eigenvalue weighted by molar-refractivity contribution is 7.98. The third-order valence-electron chi connectivity index (χ3n) is 3.26. The first-order valence-corrected chi connectivity index (χ1v) is 8.61. The van der Waals surface area contributed by atoms with Crippen molar-refractivity contribution in [3.8, 4) is 11.5 Å². The Balaban J connectivity index is 2.21. The standard InChI is InChI=1S/C16H27NO2S/c1-18-15-9-8-14(16(12-15)19-2)13-17-10-6-4-5-7-11-20-3/h8-9,12,17H,4-7,10-11,13H2,1-3H3. The van der Waals surface area contributed by atoms with Crippen molar-refractivity contribution in [2.45, 2.75) is 32.2 Å². The number of benzene rings is 1. The molecule has 0 aliphatic rings. The van der Waals surface area contributed by atoms with Crippen LogP contribution < -0.4 is 14.8 Å². The van der Waals surface area contributed by atoms with Crippen LogP contribution in [0.15, 0.2) is 18.2 Å². The van der Waals surface area contributed by atoms with Gasteiger partial charge in [0, 0.05) is 18.2 Å². The number of hydrogen-bond acceptors (Lipinski definition) is 4. The Hall–Kier alpha value is -0.870. The molecule has 114 valence electrons. The van der Waals surface area contributed by atoms with Gasteiger partial charge in [-0.1, -0.05) is 18.9 Å². The molecule has 0 bridgehead atoms. The summed E-state index contributed by atoms with van der Waals surface area (Å²) in [5, 5.41) is 3.48. The molecule has 1 rings (SSSR count). The fraction of sp³-hybridized carbons (Fsp3) is 0.625. The molecule has 0 aliphatic heterocycles. The lowest BCUT2D eigenvalue weighted by Gasteiger charge is -2.11. The van der Waals surface area contributed by atoms with Crippen LogP contribution in [0.5, 0.6) is 11.5 Å². The topological polar surface area (TPSA) is 30.5 Å². The highest BCUT2D eigenvalue weighted by Gasteiger charge is 2.04. The third-order valence-corrected chi connectivity index (χ3v) is 3.96. The molecule has 3 nitrogen and oxygen atoms in total. The molecule has 0 saturated heterocycles. The quantitative estimate of drug-likeness (QED) is 0.631. The summed E-state index contributed by atoms with van der Waals surface area (Å²) in [5.74, 6) is 3.01. The van der Waals surface area contributed by atoms with Crippen molar-refractivity contribution in [3.63, 3.8) is 0 Å². The molecule has 0 saturated carbocycles. The van der Waals surface area contributed by atoms with Gasteiger partial charge < -0.3 is 14.8 Å². The van der Waals surface area contributed by atoms with Crippen LogP contribution in [0.1, 0.15) is 31.2 Å². The Morgan fingerprint density at radius 3 is 2.55 bits per heavy atom. The fourth-order valence-corrected chi connectivity index (χ4v) is 2.56. The van der Waals surface area contributed by atoms with Crippen molar-refractivity contribution in [2.24, 2.45) is 0 Å². The van der Waals surface area contributed by atoms with E-state index in [1.54, 1.807) is 14.2 Å². The third kappa shape index (κ3) is 6.53. The molecule has 0 fully saturated rings. The minimum atomic E-state index is 0.833. The number of nitrogens with one attached hydrogen (secondary N) is 1. The molecule has 0 atom stereocenters. The zero-order chi connectivity index (χ0) is 14.6. The molecule has 0 spiro atoms. The predicted octanol–water partition coefficient (Wildman–Crippen LogP) is 3.72. The lowest BCUT2D eigenvalue weighted by Crippen LogP contribution is -2.15. The van der Waals surface area contributed by atoms with E-state index in [0.29, 0.717) is 0 Å². The largest absolute Gasteiger partial charge is 0.497 e. The minimum absolute atomic E-state index is 0.833. The molecule has 1 aromatic rings. The van der Waals surface area contributed by atoms with Gasteiger partial charge in [0.05, 0.1) is 14.2 Å². The summed E-state index contributed by atoms with van der Waals surface area (Å²) in [4.78, 5) is 0. The van der Waals surface area contributed by atoms with Crippen molar-refractivity contribution in [3.05, 3.63) is 23.8 Å². The van der Waals surface area contributed by atoms with Crippen molar-refractivity contribution >= 4 is 11.8 Å². The number of ether oxygens (including phenoxy) is 2. The maximum atomic E-state index is 5.39. The van der Waals surface area contributed by atoms with E-state index < -0.39 is 0 Å². The van der Waals surface area contributed by atoms with Crippen LogP contribution in [0.4, 0.5) is 0 Å². The second-order valence-corrected chi connectivity index (χ2v) is 5.75. The van der Waals surface area contributed by atoms with Gasteiger partial charge in [0.25, 0.3) is 0 Å². The number of rotatable bonds is 11. The monoisotopic (exact) mass is 297 g/mol. The normalized spacial score (nSPS) is 10.6. The first kappa shape index (κ1) is 17.2. The predicted molar refractivity (Wildman–Crippen MR) is 88.1 cm³/mol. The van der Waals surface area contributed by atoms with Gasteiger partial charge in [0.15, 0.2) is 0 Å². The molecule has 4 heteroatoms. The molecule has 0 aromatic heterocycles. The molecular formula is C16H27NO2S. The van der Waals surface area contributed by atoms with E-state index >= 15 is 0 Å². The van der Waals surface area contributed by atoms with Crippen LogP contribution >= 0.6 is 11.8 Å². The average molecular weight is 297 g/mol. The van der Waals surface area contributed by atoms with Crippen molar-refractivity contribution in [2.75, 3.05) is 32.8 Å². The van der Waals surface area contributed by atoms with Gasteiger partial charge in [-0.15, -0.1) is 0 Å². The van der Waals surface area contributed by atoms with Gasteiger partial charge in [0.1, 0.15) is 11.5 Å². The van der Waals surface area contributed by atoms with E-state index in [0.717, 1.165) is 24.6 Å². The summed E-state index contributed by atoms with van der Waals surface area (Å²) in [7, 11) is 3.37. The van der Waals surface area contributed by atoms with Crippen LogP contribution in [0.3, 0.4) is 0 Å². The summed E-state index contributed by atoms with van der Waals surface area (Å²) in [6, 6.07) is 5.96. The maximum absolute atomic E-state index is 5.39. The Kier molecular flexibility index (Phi) is 9.33. The molecule has 1 aromatic carbocycles. The zero-order valence-electron chi connectivity index (χ0n) is 12.9. The van der Waals surface area contributed by atoms with Crippen LogP contribution in [-0.4, -0.2) is 32.8 Å². The average Bonchev–Trinajstić information content (AvgIpc) is 2.50. The lowest BCUT2D eigenvalue weighted by molar-refractivity contribution is 0.389.